The molecule has 1 heterocycles. The molecule has 2 aromatic carbocycles. The number of hydrogen-bond donors (Lipinski definition) is 4. The Bertz CT molecular complexity index is 1220. The van der Waals surface area contributed by atoms with Gasteiger partial charge < -0.3 is 16.4 Å². The second kappa shape index (κ2) is 11.4. The SMILES string of the molecule is NCCNc1nc(NCC2CCC(CNS(=O)(=O)c3ccccc3Br)CC2)nc2ccccc12. The summed E-state index contributed by atoms with van der Waals surface area (Å²) in [4.78, 5) is 9.60. The molecule has 0 saturated heterocycles. The van der Waals surface area contributed by atoms with E-state index in [2.05, 4.69) is 41.3 Å². The molecule has 0 spiro atoms. The Morgan fingerprint density at radius 2 is 1.59 bits per heavy atom. The van der Waals surface area contributed by atoms with E-state index in [9.17, 15) is 8.42 Å². The highest BCUT2D eigenvalue weighted by molar-refractivity contribution is 9.10. The second-order valence-corrected chi connectivity index (χ2v) is 11.3. The van der Waals surface area contributed by atoms with E-state index in [0.29, 0.717) is 41.9 Å². The van der Waals surface area contributed by atoms with Crippen molar-refractivity contribution in [3.05, 3.63) is 53.0 Å². The van der Waals surface area contributed by atoms with Gasteiger partial charge in [-0.3, -0.25) is 0 Å². The number of anilines is 2. The molecule has 10 heteroatoms. The lowest BCUT2D eigenvalue weighted by Crippen LogP contribution is -2.32. The van der Waals surface area contributed by atoms with Crippen molar-refractivity contribution in [3.8, 4) is 0 Å². The summed E-state index contributed by atoms with van der Waals surface area (Å²) in [5, 5.41) is 7.68. The van der Waals surface area contributed by atoms with Gasteiger partial charge in [0.2, 0.25) is 16.0 Å². The fourth-order valence-electron chi connectivity index (χ4n) is 4.32. The van der Waals surface area contributed by atoms with E-state index >= 15 is 0 Å². The molecule has 8 nitrogen and oxygen atoms in total. The molecular formula is C24H31BrN6O2S. The first kappa shape index (κ1) is 24.8. The lowest BCUT2D eigenvalue weighted by atomic mass is 9.82. The molecule has 34 heavy (non-hydrogen) atoms. The van der Waals surface area contributed by atoms with Crippen LogP contribution in [0, 0.1) is 11.8 Å². The summed E-state index contributed by atoms with van der Waals surface area (Å²) in [6.45, 7) is 2.44. The fraction of sp³-hybridized carbons (Fsp3) is 0.417. The highest BCUT2D eigenvalue weighted by atomic mass is 79.9. The number of nitrogens with two attached hydrogens (primary N) is 1. The number of benzene rings is 2. The molecule has 4 rings (SSSR count). The van der Waals surface area contributed by atoms with Crippen molar-refractivity contribution >= 4 is 48.6 Å². The zero-order valence-electron chi connectivity index (χ0n) is 19.0. The van der Waals surface area contributed by atoms with Gasteiger partial charge in [0.05, 0.1) is 10.4 Å². The van der Waals surface area contributed by atoms with Crippen molar-refractivity contribution in [3.63, 3.8) is 0 Å². The van der Waals surface area contributed by atoms with Crippen LogP contribution < -0.4 is 21.1 Å². The Hall–Kier alpha value is -2.27. The van der Waals surface area contributed by atoms with Crippen LogP contribution in [0.5, 0.6) is 0 Å². The smallest absolute Gasteiger partial charge is 0.241 e. The third kappa shape index (κ3) is 6.24. The zero-order valence-corrected chi connectivity index (χ0v) is 21.4. The van der Waals surface area contributed by atoms with Crippen LogP contribution in [0.25, 0.3) is 10.9 Å². The average molecular weight is 548 g/mol. The van der Waals surface area contributed by atoms with Gasteiger partial charge in [-0.05, 0) is 77.7 Å². The first-order valence-electron chi connectivity index (χ1n) is 11.6. The molecule has 0 bridgehead atoms. The predicted molar refractivity (Wildman–Crippen MR) is 140 cm³/mol. The highest BCUT2D eigenvalue weighted by Gasteiger charge is 2.24. The molecule has 0 amide bonds. The summed E-state index contributed by atoms with van der Waals surface area (Å²) in [5.41, 5.74) is 6.54. The predicted octanol–water partition coefficient (Wildman–Crippen LogP) is 3.96. The van der Waals surface area contributed by atoms with Crippen molar-refractivity contribution < 1.29 is 8.42 Å². The summed E-state index contributed by atoms with van der Waals surface area (Å²) in [5.74, 6) is 2.25. The van der Waals surface area contributed by atoms with Crippen LogP contribution >= 0.6 is 15.9 Å². The Labute approximate surface area is 209 Å². The molecule has 1 saturated carbocycles. The molecule has 0 radical (unpaired) electrons. The molecule has 3 aromatic rings. The Morgan fingerprint density at radius 3 is 2.32 bits per heavy atom. The normalized spacial score (nSPS) is 18.6. The van der Waals surface area contributed by atoms with Crippen molar-refractivity contribution in [2.75, 3.05) is 36.8 Å². The zero-order chi connectivity index (χ0) is 24.0. The van der Waals surface area contributed by atoms with Crippen molar-refractivity contribution in [1.29, 1.82) is 0 Å². The number of para-hydroxylation sites is 1. The van der Waals surface area contributed by atoms with Gasteiger partial charge >= 0.3 is 0 Å². The number of nitrogens with one attached hydrogen (secondary N) is 3. The summed E-state index contributed by atoms with van der Waals surface area (Å²) >= 11 is 3.33. The van der Waals surface area contributed by atoms with Crippen molar-refractivity contribution in [2.24, 2.45) is 17.6 Å². The lowest BCUT2D eigenvalue weighted by molar-refractivity contribution is 0.284. The number of fused-ring (bicyclic) bond motifs is 1. The highest BCUT2D eigenvalue weighted by Crippen LogP contribution is 2.30. The first-order valence-corrected chi connectivity index (χ1v) is 13.9. The second-order valence-electron chi connectivity index (χ2n) is 8.68. The van der Waals surface area contributed by atoms with Crippen molar-refractivity contribution in [2.45, 2.75) is 30.6 Å². The first-order chi connectivity index (χ1) is 16.5. The minimum absolute atomic E-state index is 0.281. The van der Waals surface area contributed by atoms with E-state index in [1.165, 1.54) is 0 Å². The van der Waals surface area contributed by atoms with Gasteiger partial charge in [-0.2, -0.15) is 4.98 Å². The lowest BCUT2D eigenvalue weighted by Gasteiger charge is -2.28. The van der Waals surface area contributed by atoms with E-state index in [1.807, 2.05) is 24.3 Å². The standard InChI is InChI=1S/C24H31BrN6O2S/c25-20-6-2-4-8-22(20)34(32,33)29-16-18-11-9-17(10-12-18)15-28-24-30-21-7-3-1-5-19(21)23(31-24)27-14-13-26/h1-8,17-18,29H,9-16,26H2,(H2,27,28,30,31). The molecule has 182 valence electrons. The third-order valence-corrected chi connectivity index (χ3v) is 8.68. The molecule has 5 N–H and O–H groups in total. The maximum Gasteiger partial charge on any atom is 0.241 e. The molecule has 1 aromatic heterocycles. The summed E-state index contributed by atoms with van der Waals surface area (Å²) < 4.78 is 28.6. The Kier molecular flexibility index (Phi) is 8.36. The van der Waals surface area contributed by atoms with E-state index in [1.54, 1.807) is 24.3 Å². The number of halogens is 1. The van der Waals surface area contributed by atoms with Crippen LogP contribution in [0.4, 0.5) is 11.8 Å². The fourth-order valence-corrected chi connectivity index (χ4v) is 6.44. The molecular weight excluding hydrogens is 516 g/mol. The Balaban J connectivity index is 1.28. The van der Waals surface area contributed by atoms with Gasteiger partial charge in [-0.25, -0.2) is 18.1 Å². The van der Waals surface area contributed by atoms with E-state index < -0.39 is 10.0 Å². The van der Waals surface area contributed by atoms with E-state index in [-0.39, 0.29) is 4.90 Å². The van der Waals surface area contributed by atoms with Crippen LogP contribution in [-0.4, -0.2) is 44.6 Å². The van der Waals surface area contributed by atoms with E-state index in [0.717, 1.165) is 48.9 Å². The van der Waals surface area contributed by atoms with Gasteiger partial charge in [0.25, 0.3) is 0 Å². The summed E-state index contributed by atoms with van der Waals surface area (Å²) in [6.07, 6.45) is 4.07. The molecule has 1 aliphatic carbocycles. The van der Waals surface area contributed by atoms with E-state index in [4.69, 9.17) is 5.73 Å². The molecule has 1 fully saturated rings. The van der Waals surface area contributed by atoms with Gasteiger partial charge in [-0.15, -0.1) is 0 Å². The van der Waals surface area contributed by atoms with Crippen LogP contribution in [0.15, 0.2) is 57.9 Å². The minimum Gasteiger partial charge on any atom is -0.368 e. The Morgan fingerprint density at radius 1 is 0.912 bits per heavy atom. The van der Waals surface area contributed by atoms with Gasteiger partial charge in [0.15, 0.2) is 0 Å². The van der Waals surface area contributed by atoms with Gasteiger partial charge in [-0.1, -0.05) is 24.3 Å². The summed E-state index contributed by atoms with van der Waals surface area (Å²) in [7, 11) is -3.52. The maximum atomic E-state index is 12.6. The number of hydrogen-bond acceptors (Lipinski definition) is 7. The van der Waals surface area contributed by atoms with Gasteiger partial charge in [0.1, 0.15) is 5.82 Å². The number of rotatable bonds is 10. The molecule has 0 atom stereocenters. The van der Waals surface area contributed by atoms with Crippen LogP contribution in [0.3, 0.4) is 0 Å². The van der Waals surface area contributed by atoms with Gasteiger partial charge in [0, 0.05) is 36.0 Å². The monoisotopic (exact) mass is 546 g/mol. The third-order valence-electron chi connectivity index (χ3n) is 6.24. The van der Waals surface area contributed by atoms with Crippen LogP contribution in [0.1, 0.15) is 25.7 Å². The minimum atomic E-state index is -3.52. The molecule has 0 aliphatic heterocycles. The van der Waals surface area contributed by atoms with Crippen molar-refractivity contribution in [1.82, 2.24) is 14.7 Å². The number of nitrogens with zero attached hydrogens (tertiary/aromatic N) is 2. The summed E-state index contributed by atoms with van der Waals surface area (Å²) in [6, 6.07) is 14.8. The molecule has 0 unspecified atom stereocenters. The van der Waals surface area contributed by atoms with Crippen LogP contribution in [0.2, 0.25) is 0 Å². The average Bonchev–Trinajstić information content (AvgIpc) is 2.85. The molecule has 1 aliphatic rings. The topological polar surface area (TPSA) is 122 Å². The van der Waals surface area contributed by atoms with Crippen LogP contribution in [-0.2, 0) is 10.0 Å². The maximum absolute atomic E-state index is 12.6. The number of sulfonamides is 1. The number of aromatic nitrogens is 2. The largest absolute Gasteiger partial charge is 0.368 e. The quantitative estimate of drug-likeness (QED) is 0.303.